The van der Waals surface area contributed by atoms with Crippen LogP contribution in [0, 0.1) is 0 Å². The summed E-state index contributed by atoms with van der Waals surface area (Å²) in [6.07, 6.45) is 3.11. The van der Waals surface area contributed by atoms with Crippen molar-refractivity contribution in [2.75, 3.05) is 18.9 Å². The molecule has 1 aromatic rings. The predicted molar refractivity (Wildman–Crippen MR) is 81.2 cm³/mol. The van der Waals surface area contributed by atoms with Crippen LogP contribution in [0.3, 0.4) is 0 Å². The van der Waals surface area contributed by atoms with E-state index in [1.54, 1.807) is 11.0 Å². The first-order valence-corrected chi connectivity index (χ1v) is 7.38. The summed E-state index contributed by atoms with van der Waals surface area (Å²) in [5, 5.41) is 0.395. The zero-order valence-electron chi connectivity index (χ0n) is 12.0. The number of hydrogen-bond donors (Lipinski definition) is 1. The van der Waals surface area contributed by atoms with Gasteiger partial charge in [0.25, 0.3) is 5.91 Å². The molecule has 1 saturated heterocycles. The van der Waals surface area contributed by atoms with E-state index < -0.39 is 5.97 Å². The third kappa shape index (κ3) is 3.88. The van der Waals surface area contributed by atoms with Gasteiger partial charge < -0.3 is 15.4 Å². The molecule has 0 aliphatic carbocycles. The Kier molecular flexibility index (Phi) is 5.07. The van der Waals surface area contributed by atoms with Crippen LogP contribution in [0.15, 0.2) is 18.2 Å². The van der Waals surface area contributed by atoms with Gasteiger partial charge in [-0.15, -0.1) is 0 Å². The molecule has 1 fully saturated rings. The average Bonchev–Trinajstić information content (AvgIpc) is 2.47. The van der Waals surface area contributed by atoms with Gasteiger partial charge in [0, 0.05) is 23.3 Å². The quantitative estimate of drug-likeness (QED) is 0.687. The van der Waals surface area contributed by atoms with Crippen LogP contribution in [-0.2, 0) is 9.53 Å². The smallest absolute Gasteiger partial charge is 0.340 e. The van der Waals surface area contributed by atoms with Crippen LogP contribution in [0.2, 0.25) is 5.02 Å². The largest absolute Gasteiger partial charge is 0.452 e. The highest BCUT2D eigenvalue weighted by Gasteiger charge is 2.24. The van der Waals surface area contributed by atoms with Gasteiger partial charge in [-0.3, -0.25) is 4.79 Å². The summed E-state index contributed by atoms with van der Waals surface area (Å²) in [5.74, 6) is -0.802. The Labute approximate surface area is 129 Å². The number of hydrogen-bond acceptors (Lipinski definition) is 4. The Hall–Kier alpha value is -1.75. The van der Waals surface area contributed by atoms with Gasteiger partial charge in [0.05, 0.1) is 5.56 Å². The van der Waals surface area contributed by atoms with Crippen molar-refractivity contribution in [3.8, 4) is 0 Å². The lowest BCUT2D eigenvalue weighted by atomic mass is 10.0. The van der Waals surface area contributed by atoms with E-state index >= 15 is 0 Å². The SMILES string of the molecule is C[C@@H]1CCCCN1C(=O)COC(=O)c1cc(Cl)ccc1N. The Morgan fingerprint density at radius 1 is 1.43 bits per heavy atom. The van der Waals surface area contributed by atoms with Crippen molar-refractivity contribution in [1.82, 2.24) is 4.90 Å². The molecule has 1 heterocycles. The summed E-state index contributed by atoms with van der Waals surface area (Å²) < 4.78 is 5.06. The molecule has 114 valence electrons. The molecule has 0 spiro atoms. The normalized spacial score (nSPS) is 18.4. The molecule has 2 N–H and O–H groups in total. The van der Waals surface area contributed by atoms with Crippen LogP contribution < -0.4 is 5.73 Å². The summed E-state index contributed by atoms with van der Waals surface area (Å²) in [7, 11) is 0. The predicted octanol–water partition coefficient (Wildman–Crippen LogP) is 2.48. The molecule has 6 heteroatoms. The zero-order valence-corrected chi connectivity index (χ0v) is 12.7. The second-order valence-electron chi connectivity index (χ2n) is 5.24. The van der Waals surface area contributed by atoms with Gasteiger partial charge in [-0.2, -0.15) is 0 Å². The summed E-state index contributed by atoms with van der Waals surface area (Å²) >= 11 is 5.83. The van der Waals surface area contributed by atoms with Crippen LogP contribution >= 0.6 is 11.6 Å². The zero-order chi connectivity index (χ0) is 15.4. The molecule has 0 bridgehead atoms. The maximum absolute atomic E-state index is 12.1. The molecule has 0 radical (unpaired) electrons. The van der Waals surface area contributed by atoms with Crippen LogP contribution in [0.25, 0.3) is 0 Å². The number of benzene rings is 1. The lowest BCUT2D eigenvalue weighted by molar-refractivity contribution is -0.137. The van der Waals surface area contributed by atoms with E-state index in [0.29, 0.717) is 5.02 Å². The second kappa shape index (κ2) is 6.80. The lowest BCUT2D eigenvalue weighted by Crippen LogP contribution is -2.44. The molecule has 5 nitrogen and oxygen atoms in total. The molecule has 1 atom stereocenters. The third-order valence-electron chi connectivity index (χ3n) is 3.69. The molecule has 1 aliphatic rings. The molecule has 1 amide bonds. The molecule has 21 heavy (non-hydrogen) atoms. The minimum atomic E-state index is -0.631. The van der Waals surface area contributed by atoms with Crippen molar-refractivity contribution >= 4 is 29.2 Å². The number of likely N-dealkylation sites (tertiary alicyclic amines) is 1. The van der Waals surface area contributed by atoms with E-state index in [2.05, 4.69) is 0 Å². The van der Waals surface area contributed by atoms with Gasteiger partial charge in [0.2, 0.25) is 0 Å². The molecule has 0 aromatic heterocycles. The first-order chi connectivity index (χ1) is 9.99. The fraction of sp³-hybridized carbons (Fsp3) is 0.467. The van der Waals surface area contributed by atoms with Crippen molar-refractivity contribution in [2.45, 2.75) is 32.2 Å². The molecule has 2 rings (SSSR count). The fourth-order valence-electron chi connectivity index (χ4n) is 2.46. The van der Waals surface area contributed by atoms with Crippen molar-refractivity contribution < 1.29 is 14.3 Å². The fourth-order valence-corrected chi connectivity index (χ4v) is 2.63. The van der Waals surface area contributed by atoms with Crippen molar-refractivity contribution in [2.24, 2.45) is 0 Å². The monoisotopic (exact) mass is 310 g/mol. The summed E-state index contributed by atoms with van der Waals surface area (Å²) in [5.41, 5.74) is 6.17. The Morgan fingerprint density at radius 3 is 2.90 bits per heavy atom. The molecular weight excluding hydrogens is 292 g/mol. The number of carbonyl (C=O) groups is 2. The molecular formula is C15H19ClN2O3. The number of rotatable bonds is 3. The van der Waals surface area contributed by atoms with Crippen LogP contribution in [0.5, 0.6) is 0 Å². The second-order valence-corrected chi connectivity index (χ2v) is 5.68. The first-order valence-electron chi connectivity index (χ1n) is 7.00. The molecule has 0 saturated carbocycles. The molecule has 1 aromatic carbocycles. The highest BCUT2D eigenvalue weighted by atomic mass is 35.5. The highest BCUT2D eigenvalue weighted by molar-refractivity contribution is 6.31. The number of anilines is 1. The van der Waals surface area contributed by atoms with Crippen molar-refractivity contribution in [1.29, 1.82) is 0 Å². The topological polar surface area (TPSA) is 72.6 Å². The van der Waals surface area contributed by atoms with E-state index in [9.17, 15) is 9.59 Å². The first kappa shape index (κ1) is 15.6. The van der Waals surface area contributed by atoms with Gasteiger partial charge in [0.1, 0.15) is 0 Å². The maximum atomic E-state index is 12.1. The number of nitrogen functional groups attached to an aromatic ring is 1. The Balaban J connectivity index is 1.94. The van der Waals surface area contributed by atoms with E-state index in [4.69, 9.17) is 22.1 Å². The summed E-state index contributed by atoms with van der Waals surface area (Å²) in [4.78, 5) is 25.8. The number of esters is 1. The van der Waals surface area contributed by atoms with Gasteiger partial charge >= 0.3 is 5.97 Å². The minimum Gasteiger partial charge on any atom is -0.452 e. The van der Waals surface area contributed by atoms with E-state index in [0.717, 1.165) is 25.8 Å². The number of nitrogens with two attached hydrogens (primary N) is 1. The van der Waals surface area contributed by atoms with E-state index in [1.165, 1.54) is 12.1 Å². The van der Waals surface area contributed by atoms with Crippen LogP contribution in [0.4, 0.5) is 5.69 Å². The summed E-state index contributed by atoms with van der Waals surface area (Å²) in [6, 6.07) is 4.76. The van der Waals surface area contributed by atoms with Crippen molar-refractivity contribution in [3.05, 3.63) is 28.8 Å². The standard InChI is InChI=1S/C15H19ClN2O3/c1-10-4-2-3-7-18(10)14(19)9-21-15(20)12-8-11(16)5-6-13(12)17/h5-6,8,10H,2-4,7,9,17H2,1H3/t10-/m1/s1. The van der Waals surface area contributed by atoms with E-state index in [-0.39, 0.29) is 29.8 Å². The number of halogens is 1. The van der Waals surface area contributed by atoms with Gasteiger partial charge in [0.15, 0.2) is 6.61 Å². The minimum absolute atomic E-state index is 0.170. The lowest BCUT2D eigenvalue weighted by Gasteiger charge is -2.33. The van der Waals surface area contributed by atoms with Gasteiger partial charge in [-0.1, -0.05) is 11.6 Å². The summed E-state index contributed by atoms with van der Waals surface area (Å²) in [6.45, 7) is 2.46. The van der Waals surface area contributed by atoms with Gasteiger partial charge in [-0.25, -0.2) is 4.79 Å². The number of amides is 1. The maximum Gasteiger partial charge on any atom is 0.340 e. The average molecular weight is 311 g/mol. The number of piperidine rings is 1. The van der Waals surface area contributed by atoms with E-state index in [1.807, 2.05) is 6.92 Å². The molecule has 1 aliphatic heterocycles. The Morgan fingerprint density at radius 2 is 2.19 bits per heavy atom. The number of ether oxygens (including phenoxy) is 1. The number of carbonyl (C=O) groups excluding carboxylic acids is 2. The third-order valence-corrected chi connectivity index (χ3v) is 3.92. The van der Waals surface area contributed by atoms with Crippen LogP contribution in [-0.4, -0.2) is 36.0 Å². The number of nitrogens with zero attached hydrogens (tertiary/aromatic N) is 1. The van der Waals surface area contributed by atoms with Gasteiger partial charge in [-0.05, 0) is 44.4 Å². The Bertz CT molecular complexity index is 548. The molecule has 0 unspecified atom stereocenters. The van der Waals surface area contributed by atoms with Crippen molar-refractivity contribution in [3.63, 3.8) is 0 Å². The highest BCUT2D eigenvalue weighted by Crippen LogP contribution is 2.19. The van der Waals surface area contributed by atoms with Crippen LogP contribution in [0.1, 0.15) is 36.5 Å².